The summed E-state index contributed by atoms with van der Waals surface area (Å²) in [6.07, 6.45) is 4.68. The van der Waals surface area contributed by atoms with Gasteiger partial charge in [0.15, 0.2) is 5.43 Å². The molecule has 3 rings (SSSR count). The number of rotatable bonds is 1. The summed E-state index contributed by atoms with van der Waals surface area (Å²) in [5.74, 6) is 0.132. The molecule has 1 aliphatic rings. The highest BCUT2D eigenvalue weighted by Crippen LogP contribution is 2.32. The van der Waals surface area contributed by atoms with Crippen LogP contribution in [0.3, 0.4) is 0 Å². The lowest BCUT2D eigenvalue weighted by molar-refractivity contribution is 0.629. The zero-order valence-corrected chi connectivity index (χ0v) is 9.50. The minimum absolute atomic E-state index is 0.0133. The number of aromatic amines is 1. The Bertz CT molecular complexity index is 611. The first-order chi connectivity index (χ1) is 8.24. The Balaban J connectivity index is 2.18. The van der Waals surface area contributed by atoms with Crippen molar-refractivity contribution in [2.75, 3.05) is 0 Å². The molecule has 0 amide bonds. The molecule has 1 aliphatic carbocycles. The van der Waals surface area contributed by atoms with Gasteiger partial charge in [0, 0.05) is 17.1 Å². The van der Waals surface area contributed by atoms with Crippen molar-refractivity contribution in [1.29, 1.82) is 0 Å². The fraction of sp³-hybridized carbons (Fsp3) is 0.357. The number of H-pyrrole nitrogens is 1. The molecule has 2 nitrogen and oxygen atoms in total. The van der Waals surface area contributed by atoms with Crippen molar-refractivity contribution < 1.29 is 4.39 Å². The van der Waals surface area contributed by atoms with Gasteiger partial charge in [-0.05, 0) is 37.0 Å². The molecule has 1 aromatic carbocycles. The van der Waals surface area contributed by atoms with Crippen molar-refractivity contribution in [2.45, 2.75) is 31.6 Å². The van der Waals surface area contributed by atoms with Gasteiger partial charge in [-0.15, -0.1) is 0 Å². The molecule has 0 atom stereocenters. The third kappa shape index (κ3) is 1.86. The summed E-state index contributed by atoms with van der Waals surface area (Å²) in [5, 5.41) is 0.563. The van der Waals surface area contributed by atoms with E-state index < -0.39 is 0 Å². The van der Waals surface area contributed by atoms with Crippen LogP contribution < -0.4 is 5.43 Å². The Hall–Kier alpha value is -1.64. The Kier molecular flexibility index (Phi) is 2.46. The SMILES string of the molecule is O=c1cc(C2CCCC2)[nH]c2cc(F)ccc12. The molecule has 1 aromatic heterocycles. The lowest BCUT2D eigenvalue weighted by atomic mass is 10.0. The molecule has 1 fully saturated rings. The maximum atomic E-state index is 13.2. The van der Waals surface area contributed by atoms with E-state index in [0.717, 1.165) is 18.5 Å². The molecule has 1 N–H and O–H groups in total. The van der Waals surface area contributed by atoms with E-state index in [4.69, 9.17) is 0 Å². The number of nitrogens with one attached hydrogen (secondary N) is 1. The topological polar surface area (TPSA) is 32.9 Å². The summed E-state index contributed by atoms with van der Waals surface area (Å²) in [6.45, 7) is 0. The van der Waals surface area contributed by atoms with E-state index in [1.165, 1.54) is 25.0 Å². The minimum Gasteiger partial charge on any atom is -0.358 e. The standard InChI is InChI=1S/C14H14FNO/c15-10-5-6-11-13(7-10)16-12(8-14(11)17)9-3-1-2-4-9/h5-9H,1-4H2,(H,16,17). The molecule has 17 heavy (non-hydrogen) atoms. The van der Waals surface area contributed by atoms with Crippen LogP contribution in [0.4, 0.5) is 4.39 Å². The van der Waals surface area contributed by atoms with Crippen LogP contribution in [0.25, 0.3) is 10.9 Å². The summed E-state index contributed by atoms with van der Waals surface area (Å²) in [5.41, 5.74) is 1.56. The first kappa shape index (κ1) is 10.5. The molecular formula is C14H14FNO. The Morgan fingerprint density at radius 2 is 1.94 bits per heavy atom. The van der Waals surface area contributed by atoms with Crippen LogP contribution in [0.15, 0.2) is 29.1 Å². The van der Waals surface area contributed by atoms with Crippen LogP contribution >= 0.6 is 0 Å². The van der Waals surface area contributed by atoms with Crippen LogP contribution in [0.2, 0.25) is 0 Å². The number of pyridine rings is 1. The van der Waals surface area contributed by atoms with E-state index in [0.29, 0.717) is 16.8 Å². The van der Waals surface area contributed by atoms with Crippen molar-refractivity contribution in [3.63, 3.8) is 0 Å². The molecule has 88 valence electrons. The predicted octanol–water partition coefficient (Wildman–Crippen LogP) is 3.32. The van der Waals surface area contributed by atoms with E-state index in [9.17, 15) is 9.18 Å². The van der Waals surface area contributed by atoms with E-state index in [2.05, 4.69) is 4.98 Å². The molecule has 0 spiro atoms. The zero-order chi connectivity index (χ0) is 11.8. The molecular weight excluding hydrogens is 217 g/mol. The molecule has 0 aliphatic heterocycles. The molecule has 3 heteroatoms. The number of halogens is 1. The maximum Gasteiger partial charge on any atom is 0.189 e. The maximum absolute atomic E-state index is 13.2. The fourth-order valence-corrected chi connectivity index (χ4v) is 2.70. The lowest BCUT2D eigenvalue weighted by Crippen LogP contribution is -2.07. The Morgan fingerprint density at radius 1 is 1.18 bits per heavy atom. The number of hydrogen-bond donors (Lipinski definition) is 1. The second kappa shape index (κ2) is 3.99. The second-order valence-electron chi connectivity index (χ2n) is 4.76. The monoisotopic (exact) mass is 231 g/mol. The Morgan fingerprint density at radius 3 is 2.71 bits per heavy atom. The third-order valence-corrected chi connectivity index (χ3v) is 3.61. The van der Waals surface area contributed by atoms with Crippen molar-refractivity contribution in [1.82, 2.24) is 4.98 Å². The van der Waals surface area contributed by atoms with Crippen molar-refractivity contribution >= 4 is 10.9 Å². The van der Waals surface area contributed by atoms with Gasteiger partial charge in [-0.2, -0.15) is 0 Å². The van der Waals surface area contributed by atoms with Gasteiger partial charge >= 0.3 is 0 Å². The first-order valence-electron chi connectivity index (χ1n) is 6.06. The van der Waals surface area contributed by atoms with Crippen molar-refractivity contribution in [2.24, 2.45) is 0 Å². The highest BCUT2D eigenvalue weighted by molar-refractivity contribution is 5.78. The number of hydrogen-bond acceptors (Lipinski definition) is 1. The molecule has 0 saturated heterocycles. The first-order valence-corrected chi connectivity index (χ1v) is 6.06. The van der Waals surface area contributed by atoms with Crippen LogP contribution in [0.1, 0.15) is 37.3 Å². The van der Waals surface area contributed by atoms with Gasteiger partial charge in [-0.3, -0.25) is 4.79 Å². The van der Waals surface area contributed by atoms with E-state index in [-0.39, 0.29) is 11.2 Å². The predicted molar refractivity (Wildman–Crippen MR) is 65.7 cm³/mol. The molecule has 2 aromatic rings. The van der Waals surface area contributed by atoms with Gasteiger partial charge < -0.3 is 4.98 Å². The van der Waals surface area contributed by atoms with Gasteiger partial charge in [-0.25, -0.2) is 4.39 Å². The van der Waals surface area contributed by atoms with Gasteiger partial charge in [0.05, 0.1) is 5.52 Å². The van der Waals surface area contributed by atoms with Crippen molar-refractivity contribution in [3.05, 3.63) is 46.0 Å². The van der Waals surface area contributed by atoms with E-state index in [1.54, 1.807) is 12.1 Å². The molecule has 0 radical (unpaired) electrons. The summed E-state index contributed by atoms with van der Waals surface area (Å²) >= 11 is 0. The number of fused-ring (bicyclic) bond motifs is 1. The molecule has 0 unspecified atom stereocenters. The molecule has 1 saturated carbocycles. The lowest BCUT2D eigenvalue weighted by Gasteiger charge is -2.10. The largest absolute Gasteiger partial charge is 0.358 e. The smallest absolute Gasteiger partial charge is 0.189 e. The third-order valence-electron chi connectivity index (χ3n) is 3.61. The van der Waals surface area contributed by atoms with Crippen LogP contribution in [-0.2, 0) is 0 Å². The van der Waals surface area contributed by atoms with Gasteiger partial charge in [0.1, 0.15) is 5.82 Å². The quantitative estimate of drug-likeness (QED) is 0.802. The van der Waals surface area contributed by atoms with Gasteiger partial charge in [0.25, 0.3) is 0 Å². The van der Waals surface area contributed by atoms with Gasteiger partial charge in [-0.1, -0.05) is 12.8 Å². The highest BCUT2D eigenvalue weighted by Gasteiger charge is 2.18. The Labute approximate surface area is 98.5 Å². The zero-order valence-electron chi connectivity index (χ0n) is 9.50. The molecule has 1 heterocycles. The fourth-order valence-electron chi connectivity index (χ4n) is 2.70. The highest BCUT2D eigenvalue weighted by atomic mass is 19.1. The molecule has 0 bridgehead atoms. The average Bonchev–Trinajstić information content (AvgIpc) is 2.81. The van der Waals surface area contributed by atoms with E-state index in [1.807, 2.05) is 0 Å². The van der Waals surface area contributed by atoms with E-state index >= 15 is 0 Å². The summed E-state index contributed by atoms with van der Waals surface area (Å²) in [6, 6.07) is 5.94. The minimum atomic E-state index is -0.309. The average molecular weight is 231 g/mol. The number of aromatic nitrogens is 1. The normalized spacial score (nSPS) is 16.8. The van der Waals surface area contributed by atoms with Crippen LogP contribution in [0.5, 0.6) is 0 Å². The summed E-state index contributed by atoms with van der Waals surface area (Å²) < 4.78 is 13.2. The second-order valence-corrected chi connectivity index (χ2v) is 4.76. The van der Waals surface area contributed by atoms with Crippen LogP contribution in [0, 0.1) is 5.82 Å². The van der Waals surface area contributed by atoms with Crippen molar-refractivity contribution in [3.8, 4) is 0 Å². The number of benzene rings is 1. The summed E-state index contributed by atoms with van der Waals surface area (Å²) in [7, 11) is 0. The van der Waals surface area contributed by atoms with Crippen LogP contribution in [-0.4, -0.2) is 4.98 Å². The summed E-state index contributed by atoms with van der Waals surface area (Å²) in [4.78, 5) is 15.1. The van der Waals surface area contributed by atoms with Gasteiger partial charge in [0.2, 0.25) is 0 Å².